The molecule has 116 valence electrons. The van der Waals surface area contributed by atoms with E-state index in [1.165, 1.54) is 0 Å². The number of esters is 1. The molecule has 0 saturated heterocycles. The van der Waals surface area contributed by atoms with Crippen LogP contribution in [0.4, 0.5) is 0 Å². The van der Waals surface area contributed by atoms with Crippen LogP contribution in [0.1, 0.15) is 33.3 Å². The van der Waals surface area contributed by atoms with E-state index in [0.29, 0.717) is 24.3 Å². The second-order valence-electron chi connectivity index (χ2n) is 4.70. The topological polar surface area (TPSA) is 47.2 Å². The number of aryl methyl sites for hydroxylation is 1. The second kappa shape index (κ2) is 8.44. The van der Waals surface area contributed by atoms with E-state index in [9.17, 15) is 9.59 Å². The summed E-state index contributed by atoms with van der Waals surface area (Å²) in [6.45, 7) is 3.89. The molecule has 0 saturated carbocycles. The zero-order valence-electron chi connectivity index (χ0n) is 12.6. The van der Waals surface area contributed by atoms with Gasteiger partial charge in [0.1, 0.15) is 0 Å². The third-order valence-electron chi connectivity index (χ3n) is 3.13. The minimum absolute atomic E-state index is 0. The van der Waals surface area contributed by atoms with Crippen molar-refractivity contribution in [3.63, 3.8) is 0 Å². The first-order chi connectivity index (χ1) is 10.1. The van der Waals surface area contributed by atoms with Crippen LogP contribution in [0.2, 0.25) is 0 Å². The number of halogens is 1. The Balaban J connectivity index is 0.00000242. The molecule has 22 heavy (non-hydrogen) atoms. The number of ether oxygens (including phenoxy) is 1. The van der Waals surface area contributed by atoms with Gasteiger partial charge in [-0.15, -0.1) is 4.57 Å². The van der Waals surface area contributed by atoms with Gasteiger partial charge in [-0.3, -0.25) is 0 Å². The Kier molecular flexibility index (Phi) is 6.92. The monoisotopic (exact) mass is 363 g/mol. The molecule has 4 nitrogen and oxygen atoms in total. The fourth-order valence-electron chi connectivity index (χ4n) is 2.09. The average Bonchev–Trinajstić information content (AvgIpc) is 2.48. The Hall–Kier alpha value is -2.01. The summed E-state index contributed by atoms with van der Waals surface area (Å²) >= 11 is 0. The number of pyridine rings is 1. The van der Waals surface area contributed by atoms with E-state index in [4.69, 9.17) is 4.74 Å². The first-order valence-corrected chi connectivity index (χ1v) is 6.88. The highest BCUT2D eigenvalue weighted by Gasteiger charge is 2.20. The zero-order chi connectivity index (χ0) is 15.2. The Morgan fingerprint density at radius 3 is 2.41 bits per heavy atom. The van der Waals surface area contributed by atoms with Gasteiger partial charge < -0.3 is 21.7 Å². The van der Waals surface area contributed by atoms with Gasteiger partial charge in [0, 0.05) is 19.1 Å². The molecule has 1 aromatic carbocycles. The molecule has 1 heterocycles. The predicted molar refractivity (Wildman–Crippen MR) is 78.1 cm³/mol. The van der Waals surface area contributed by atoms with Crippen LogP contribution < -0.4 is 21.5 Å². The predicted octanol–water partition coefficient (Wildman–Crippen LogP) is -0.654. The van der Waals surface area contributed by atoms with Crippen LogP contribution in [0.15, 0.2) is 48.7 Å². The molecular weight excluding hydrogens is 346 g/mol. The fourth-order valence-corrected chi connectivity index (χ4v) is 2.09. The van der Waals surface area contributed by atoms with E-state index in [1.54, 1.807) is 36.7 Å². The highest BCUT2D eigenvalue weighted by atomic mass is 79.9. The molecule has 0 bridgehead atoms. The van der Waals surface area contributed by atoms with Gasteiger partial charge in [-0.2, -0.15) is 0 Å². The van der Waals surface area contributed by atoms with E-state index >= 15 is 0 Å². The molecule has 0 aliphatic carbocycles. The molecule has 0 spiro atoms. The summed E-state index contributed by atoms with van der Waals surface area (Å²) < 4.78 is 6.50. The van der Waals surface area contributed by atoms with Crippen molar-refractivity contribution in [3.05, 3.63) is 65.5 Å². The van der Waals surface area contributed by atoms with Gasteiger partial charge in [-0.25, -0.2) is 9.59 Å². The Labute approximate surface area is 140 Å². The van der Waals surface area contributed by atoms with Gasteiger partial charge in [0.2, 0.25) is 0 Å². The van der Waals surface area contributed by atoms with E-state index in [-0.39, 0.29) is 28.9 Å². The number of nitrogens with zero attached hydrogens (tertiary/aromatic N) is 1. The van der Waals surface area contributed by atoms with Crippen molar-refractivity contribution >= 4 is 11.9 Å². The third kappa shape index (κ3) is 4.49. The lowest BCUT2D eigenvalue weighted by Gasteiger charge is -2.03. The standard InChI is InChI=1S/C17H18NO3.BrH/c1-3-21-17(20)15-9-10-18(13(2)11-15)16(19)12-14-7-5-4-6-8-14;/h4-11H,3,12H2,1-2H3;1H/q+1;/p-1. The fraction of sp³-hybridized carbons (Fsp3) is 0.235. The first-order valence-electron chi connectivity index (χ1n) is 6.88. The van der Waals surface area contributed by atoms with Crippen LogP contribution in [0.3, 0.4) is 0 Å². The van der Waals surface area contributed by atoms with Crippen molar-refractivity contribution in [1.29, 1.82) is 0 Å². The number of carbonyl (C=O) groups excluding carboxylic acids is 2. The molecule has 0 radical (unpaired) electrons. The summed E-state index contributed by atoms with van der Waals surface area (Å²) in [5.41, 5.74) is 2.13. The van der Waals surface area contributed by atoms with Gasteiger partial charge in [0.05, 0.1) is 18.6 Å². The van der Waals surface area contributed by atoms with E-state index in [2.05, 4.69) is 0 Å². The summed E-state index contributed by atoms with van der Waals surface area (Å²) in [5.74, 6) is -0.405. The highest BCUT2D eigenvalue weighted by Crippen LogP contribution is 2.04. The van der Waals surface area contributed by atoms with E-state index in [0.717, 1.165) is 5.56 Å². The number of hydrogen-bond acceptors (Lipinski definition) is 3. The summed E-state index contributed by atoms with van der Waals surface area (Å²) in [4.78, 5) is 23.9. The summed E-state index contributed by atoms with van der Waals surface area (Å²) in [5, 5.41) is 0. The highest BCUT2D eigenvalue weighted by molar-refractivity contribution is 5.89. The summed E-state index contributed by atoms with van der Waals surface area (Å²) in [6.07, 6.45) is 1.94. The van der Waals surface area contributed by atoms with E-state index in [1.807, 2.05) is 30.3 Å². The minimum atomic E-state index is -0.372. The lowest BCUT2D eigenvalue weighted by Crippen LogP contribution is -3.00. The number of aromatic nitrogens is 1. The van der Waals surface area contributed by atoms with Gasteiger partial charge in [0.25, 0.3) is 0 Å². The molecular formula is C17H18BrNO3. The van der Waals surface area contributed by atoms with Gasteiger partial charge in [-0.05, 0) is 12.5 Å². The zero-order valence-corrected chi connectivity index (χ0v) is 14.2. The Morgan fingerprint density at radius 1 is 1.14 bits per heavy atom. The molecule has 0 amide bonds. The van der Waals surface area contributed by atoms with Crippen LogP contribution in [0, 0.1) is 6.92 Å². The molecule has 2 rings (SSSR count). The summed E-state index contributed by atoms with van der Waals surface area (Å²) in [6, 6.07) is 12.8. The molecule has 0 unspecified atom stereocenters. The maximum absolute atomic E-state index is 12.3. The molecule has 1 aromatic heterocycles. The Bertz CT molecular complexity index is 656. The van der Waals surface area contributed by atoms with Crippen molar-refractivity contribution in [2.45, 2.75) is 20.3 Å². The van der Waals surface area contributed by atoms with Crippen molar-refractivity contribution in [2.24, 2.45) is 0 Å². The van der Waals surface area contributed by atoms with Crippen molar-refractivity contribution in [3.8, 4) is 0 Å². The smallest absolute Gasteiger partial charge is 0.396 e. The van der Waals surface area contributed by atoms with Gasteiger partial charge >= 0.3 is 11.9 Å². The first kappa shape index (κ1) is 18.0. The quantitative estimate of drug-likeness (QED) is 0.535. The van der Waals surface area contributed by atoms with Crippen LogP contribution in [0.5, 0.6) is 0 Å². The number of hydrogen-bond donors (Lipinski definition) is 0. The van der Waals surface area contributed by atoms with E-state index < -0.39 is 0 Å². The Morgan fingerprint density at radius 2 is 1.82 bits per heavy atom. The molecule has 0 N–H and O–H groups in total. The lowest BCUT2D eigenvalue weighted by atomic mass is 10.1. The summed E-state index contributed by atoms with van der Waals surface area (Å²) in [7, 11) is 0. The molecule has 2 aromatic rings. The van der Waals surface area contributed by atoms with Crippen molar-refractivity contribution < 1.29 is 35.9 Å². The largest absolute Gasteiger partial charge is 1.00 e. The van der Waals surface area contributed by atoms with Crippen LogP contribution >= 0.6 is 0 Å². The maximum atomic E-state index is 12.3. The number of benzene rings is 1. The second-order valence-corrected chi connectivity index (χ2v) is 4.70. The third-order valence-corrected chi connectivity index (χ3v) is 3.13. The minimum Gasteiger partial charge on any atom is -1.00 e. The normalized spacial score (nSPS) is 9.73. The molecule has 5 heteroatoms. The number of carbonyl (C=O) groups is 2. The van der Waals surface area contributed by atoms with Crippen LogP contribution in [-0.4, -0.2) is 18.5 Å². The number of rotatable bonds is 4. The maximum Gasteiger partial charge on any atom is 0.396 e. The molecule has 0 aliphatic heterocycles. The lowest BCUT2D eigenvalue weighted by molar-refractivity contribution is -0.581. The van der Waals surface area contributed by atoms with Crippen LogP contribution in [0.25, 0.3) is 0 Å². The van der Waals surface area contributed by atoms with Crippen LogP contribution in [-0.2, 0) is 11.2 Å². The van der Waals surface area contributed by atoms with Gasteiger partial charge in [0.15, 0.2) is 11.9 Å². The molecule has 0 fully saturated rings. The molecule has 0 aliphatic rings. The van der Waals surface area contributed by atoms with Gasteiger partial charge in [-0.1, -0.05) is 30.3 Å². The SMILES string of the molecule is CCOC(=O)c1cc[n+](C(=O)Cc2ccccc2)c(C)c1.[Br-]. The van der Waals surface area contributed by atoms with Crippen molar-refractivity contribution in [2.75, 3.05) is 6.61 Å². The average molecular weight is 364 g/mol. The molecule has 0 atom stereocenters. The van der Waals surface area contributed by atoms with Crippen molar-refractivity contribution in [1.82, 2.24) is 0 Å².